The highest BCUT2D eigenvalue weighted by atomic mass is 32.1. The number of nitrogens with zero attached hydrogens (tertiary/aromatic N) is 1. The minimum absolute atomic E-state index is 0.0330. The Labute approximate surface area is 244 Å². The predicted molar refractivity (Wildman–Crippen MR) is 154 cm³/mol. The lowest BCUT2D eigenvalue weighted by atomic mass is 10.0. The monoisotopic (exact) mass is 593 g/mol. The molecule has 40 heavy (non-hydrogen) atoms. The maximum atomic E-state index is 13.2. The summed E-state index contributed by atoms with van der Waals surface area (Å²) in [7, 11) is 0. The van der Waals surface area contributed by atoms with Crippen molar-refractivity contribution in [3.63, 3.8) is 0 Å². The number of hydrogen-bond donors (Lipinski definition) is 0. The minimum atomic E-state index is -0.543. The molecule has 0 aromatic carbocycles. The van der Waals surface area contributed by atoms with Gasteiger partial charge in [0, 0.05) is 26.0 Å². The first-order valence-corrected chi connectivity index (χ1v) is 15.2. The number of carbonyl (C=O) groups excluding carboxylic acids is 4. The molecule has 2 aromatic heterocycles. The Morgan fingerprint density at radius 2 is 1.43 bits per heavy atom. The maximum Gasteiger partial charge on any atom is 0.330 e. The van der Waals surface area contributed by atoms with Gasteiger partial charge in [-0.2, -0.15) is 22.7 Å². The Bertz CT molecular complexity index is 1050. The molecule has 220 valence electrons. The molecule has 0 spiro atoms. The van der Waals surface area contributed by atoms with Gasteiger partial charge in [-0.15, -0.1) is 0 Å². The lowest BCUT2D eigenvalue weighted by Gasteiger charge is -2.25. The first kappa shape index (κ1) is 33.2. The van der Waals surface area contributed by atoms with Crippen LogP contribution in [0.4, 0.5) is 0 Å². The van der Waals surface area contributed by atoms with Crippen molar-refractivity contribution in [1.82, 2.24) is 4.90 Å². The molecule has 0 saturated heterocycles. The molecule has 0 N–H and O–H groups in total. The van der Waals surface area contributed by atoms with Crippen LogP contribution in [0.5, 0.6) is 0 Å². The second-order valence-corrected chi connectivity index (χ2v) is 10.7. The standard InChI is InChI=1S/C29H39NO8S2/c1-5-27(32)36-16-26(24-11-13-40-20-24)17-37-28(33)9-8-22(14-30(6-2)7-3)29(34)38-18-25(15-35-21(4)31)23-10-12-39-19-23/h5,10-13,19-20,22,25-26H,1,6-9,14-18H2,2-4H3. The Hall–Kier alpha value is -3.02. The van der Waals surface area contributed by atoms with Gasteiger partial charge in [0.25, 0.3) is 0 Å². The summed E-state index contributed by atoms with van der Waals surface area (Å²) in [5.74, 6) is -2.91. The first-order chi connectivity index (χ1) is 19.3. The van der Waals surface area contributed by atoms with Crippen LogP contribution in [0.15, 0.2) is 46.3 Å². The summed E-state index contributed by atoms with van der Waals surface area (Å²) in [6.45, 7) is 11.0. The van der Waals surface area contributed by atoms with Crippen LogP contribution in [-0.2, 0) is 38.1 Å². The molecule has 0 radical (unpaired) electrons. The molecular weight excluding hydrogens is 554 g/mol. The average Bonchev–Trinajstić information content (AvgIpc) is 3.68. The van der Waals surface area contributed by atoms with Crippen LogP contribution in [0.25, 0.3) is 0 Å². The largest absolute Gasteiger partial charge is 0.465 e. The van der Waals surface area contributed by atoms with E-state index < -0.39 is 29.8 Å². The van der Waals surface area contributed by atoms with Crippen molar-refractivity contribution < 1.29 is 38.1 Å². The van der Waals surface area contributed by atoms with Crippen molar-refractivity contribution in [3.8, 4) is 0 Å². The van der Waals surface area contributed by atoms with E-state index in [1.165, 1.54) is 29.6 Å². The highest BCUT2D eigenvalue weighted by Crippen LogP contribution is 2.23. The van der Waals surface area contributed by atoms with E-state index >= 15 is 0 Å². The second kappa shape index (κ2) is 18.4. The lowest BCUT2D eigenvalue weighted by molar-refractivity contribution is -0.151. The molecule has 3 atom stereocenters. The predicted octanol–water partition coefficient (Wildman–Crippen LogP) is 4.79. The average molecular weight is 594 g/mol. The Morgan fingerprint density at radius 1 is 0.875 bits per heavy atom. The van der Waals surface area contributed by atoms with Crippen LogP contribution in [0, 0.1) is 5.92 Å². The first-order valence-electron chi connectivity index (χ1n) is 13.3. The highest BCUT2D eigenvalue weighted by molar-refractivity contribution is 7.08. The normalized spacial score (nSPS) is 13.2. The zero-order valence-corrected chi connectivity index (χ0v) is 25.0. The van der Waals surface area contributed by atoms with E-state index in [2.05, 4.69) is 11.5 Å². The lowest BCUT2D eigenvalue weighted by Crippen LogP contribution is -2.35. The van der Waals surface area contributed by atoms with Gasteiger partial charge in [0.15, 0.2) is 0 Å². The highest BCUT2D eigenvalue weighted by Gasteiger charge is 2.26. The maximum absolute atomic E-state index is 13.2. The topological polar surface area (TPSA) is 108 Å². The molecule has 11 heteroatoms. The molecule has 0 aliphatic rings. The number of rotatable bonds is 19. The van der Waals surface area contributed by atoms with Crippen LogP contribution in [0.1, 0.15) is 56.6 Å². The number of ether oxygens (including phenoxy) is 4. The molecule has 0 fully saturated rings. The summed E-state index contributed by atoms with van der Waals surface area (Å²) in [6.07, 6.45) is 1.38. The van der Waals surface area contributed by atoms with Crippen LogP contribution >= 0.6 is 22.7 Å². The molecule has 0 amide bonds. The van der Waals surface area contributed by atoms with Crippen molar-refractivity contribution in [3.05, 3.63) is 57.4 Å². The number of esters is 4. The van der Waals surface area contributed by atoms with Gasteiger partial charge in [-0.25, -0.2) is 4.79 Å². The quantitative estimate of drug-likeness (QED) is 0.129. The summed E-state index contributed by atoms with van der Waals surface area (Å²) in [6, 6.07) is 3.81. The van der Waals surface area contributed by atoms with Gasteiger partial charge >= 0.3 is 23.9 Å². The van der Waals surface area contributed by atoms with Crippen molar-refractivity contribution in [2.75, 3.05) is 46.1 Å². The van der Waals surface area contributed by atoms with E-state index in [1.807, 2.05) is 47.5 Å². The molecule has 2 aromatic rings. The van der Waals surface area contributed by atoms with E-state index in [0.717, 1.165) is 30.3 Å². The van der Waals surface area contributed by atoms with Crippen LogP contribution < -0.4 is 0 Å². The molecule has 2 rings (SSSR count). The van der Waals surface area contributed by atoms with Gasteiger partial charge < -0.3 is 23.8 Å². The zero-order chi connectivity index (χ0) is 29.3. The van der Waals surface area contributed by atoms with Crippen molar-refractivity contribution in [1.29, 1.82) is 0 Å². The van der Waals surface area contributed by atoms with Gasteiger partial charge in [0.1, 0.15) is 26.4 Å². The van der Waals surface area contributed by atoms with Gasteiger partial charge in [-0.1, -0.05) is 20.4 Å². The fraction of sp³-hybridized carbons (Fsp3) is 0.517. The second-order valence-electron chi connectivity index (χ2n) is 9.18. The molecule has 3 unspecified atom stereocenters. The van der Waals surface area contributed by atoms with E-state index in [4.69, 9.17) is 18.9 Å². The molecule has 0 aliphatic heterocycles. The third kappa shape index (κ3) is 12.0. The van der Waals surface area contributed by atoms with E-state index in [1.54, 1.807) is 0 Å². The zero-order valence-electron chi connectivity index (χ0n) is 23.4. The smallest absolute Gasteiger partial charge is 0.330 e. The van der Waals surface area contributed by atoms with Crippen LogP contribution in [0.2, 0.25) is 0 Å². The van der Waals surface area contributed by atoms with Crippen LogP contribution in [-0.4, -0.2) is 74.8 Å². The third-order valence-electron chi connectivity index (χ3n) is 6.39. The van der Waals surface area contributed by atoms with Crippen molar-refractivity contribution >= 4 is 46.6 Å². The number of carbonyl (C=O) groups is 4. The van der Waals surface area contributed by atoms with Crippen molar-refractivity contribution in [2.45, 2.75) is 45.4 Å². The molecule has 0 bridgehead atoms. The minimum Gasteiger partial charge on any atom is -0.465 e. The van der Waals surface area contributed by atoms with Gasteiger partial charge in [-0.05, 0) is 64.3 Å². The fourth-order valence-corrected chi connectivity index (χ4v) is 5.38. The number of thiophene rings is 2. The summed E-state index contributed by atoms with van der Waals surface area (Å²) in [5.41, 5.74) is 1.84. The van der Waals surface area contributed by atoms with Gasteiger partial charge in [0.2, 0.25) is 0 Å². The van der Waals surface area contributed by atoms with E-state index in [-0.39, 0.29) is 51.1 Å². The Kier molecular flexibility index (Phi) is 15.2. The van der Waals surface area contributed by atoms with Crippen LogP contribution in [0.3, 0.4) is 0 Å². The van der Waals surface area contributed by atoms with Crippen molar-refractivity contribution in [2.24, 2.45) is 5.92 Å². The van der Waals surface area contributed by atoms with E-state index in [0.29, 0.717) is 6.54 Å². The van der Waals surface area contributed by atoms with Gasteiger partial charge in [0.05, 0.1) is 17.8 Å². The summed E-state index contributed by atoms with van der Waals surface area (Å²) in [5, 5.41) is 7.67. The number of hydrogen-bond acceptors (Lipinski definition) is 11. The van der Waals surface area contributed by atoms with Gasteiger partial charge in [-0.3, -0.25) is 14.4 Å². The SMILES string of the molecule is C=CC(=O)OCC(COC(=O)CCC(CN(CC)CC)C(=O)OCC(COC(C)=O)c1ccsc1)c1ccsc1. The van der Waals surface area contributed by atoms with E-state index in [9.17, 15) is 19.2 Å². The summed E-state index contributed by atoms with van der Waals surface area (Å²) < 4.78 is 21.6. The fourth-order valence-electron chi connectivity index (χ4n) is 3.89. The Balaban J connectivity index is 1.97. The molecule has 0 saturated carbocycles. The molecule has 2 heterocycles. The summed E-state index contributed by atoms with van der Waals surface area (Å²) >= 11 is 3.01. The molecular formula is C29H39NO8S2. The molecule has 0 aliphatic carbocycles. The third-order valence-corrected chi connectivity index (χ3v) is 7.79. The molecule has 9 nitrogen and oxygen atoms in total. The Morgan fingerprint density at radius 3 is 1.93 bits per heavy atom. The summed E-state index contributed by atoms with van der Waals surface area (Å²) in [4.78, 5) is 50.8.